The summed E-state index contributed by atoms with van der Waals surface area (Å²) < 4.78 is 13.2. The maximum atomic E-state index is 13.2. The third kappa shape index (κ3) is 1.81. The fourth-order valence-corrected chi connectivity index (χ4v) is 1.73. The molecule has 1 aromatic heterocycles. The predicted molar refractivity (Wildman–Crippen MR) is 58.7 cm³/mol. The third-order valence-electron chi connectivity index (χ3n) is 2.04. The fourth-order valence-electron chi connectivity index (χ4n) is 1.32. The maximum Gasteiger partial charge on any atom is 0.354 e. The van der Waals surface area contributed by atoms with Crippen LogP contribution in [-0.4, -0.2) is 16.1 Å². The molecule has 0 fully saturated rings. The number of rotatable bonds is 1. The molecule has 0 amide bonds. The number of aromatic nitrogens is 1. The average molecular weight is 260 g/mol. The van der Waals surface area contributed by atoms with E-state index < -0.39 is 11.8 Å². The SMILES string of the molecule is O=C(O)c1cc2cc(F)c(Cl)cc2c(Cl)n1. The zero-order chi connectivity index (χ0) is 11.9. The molecular weight excluding hydrogens is 256 g/mol. The van der Waals surface area contributed by atoms with Crippen molar-refractivity contribution in [2.75, 3.05) is 0 Å². The summed E-state index contributed by atoms with van der Waals surface area (Å²) in [7, 11) is 0. The van der Waals surface area contributed by atoms with Crippen LogP contribution in [0.5, 0.6) is 0 Å². The summed E-state index contributed by atoms with van der Waals surface area (Å²) in [6.45, 7) is 0. The van der Waals surface area contributed by atoms with Gasteiger partial charge in [0.05, 0.1) is 5.02 Å². The Balaban J connectivity index is 2.82. The highest BCUT2D eigenvalue weighted by Gasteiger charge is 2.12. The van der Waals surface area contributed by atoms with Gasteiger partial charge in [-0.15, -0.1) is 0 Å². The van der Waals surface area contributed by atoms with Crippen LogP contribution >= 0.6 is 23.2 Å². The van der Waals surface area contributed by atoms with Crippen molar-refractivity contribution in [1.82, 2.24) is 4.98 Å². The van der Waals surface area contributed by atoms with Gasteiger partial charge in [0.2, 0.25) is 0 Å². The van der Waals surface area contributed by atoms with Gasteiger partial charge >= 0.3 is 5.97 Å². The summed E-state index contributed by atoms with van der Waals surface area (Å²) in [6, 6.07) is 3.67. The van der Waals surface area contributed by atoms with Crippen molar-refractivity contribution in [2.45, 2.75) is 0 Å². The molecule has 0 bridgehead atoms. The Bertz CT molecular complexity index is 601. The second-order valence-electron chi connectivity index (χ2n) is 3.09. The molecule has 0 radical (unpaired) electrons. The molecule has 0 saturated carbocycles. The fraction of sp³-hybridized carbons (Fsp3) is 0. The van der Waals surface area contributed by atoms with Crippen LogP contribution in [0.2, 0.25) is 10.2 Å². The number of carboxylic acid groups (broad SMARTS) is 1. The van der Waals surface area contributed by atoms with Crippen LogP contribution in [0.25, 0.3) is 10.8 Å². The lowest BCUT2D eigenvalue weighted by Crippen LogP contribution is -2.00. The van der Waals surface area contributed by atoms with E-state index in [4.69, 9.17) is 28.3 Å². The minimum absolute atomic E-state index is 0.0169. The van der Waals surface area contributed by atoms with E-state index in [0.29, 0.717) is 10.8 Å². The standard InChI is InChI=1S/C10H4Cl2FNO2/c11-6-3-5-4(1-7(6)13)2-8(10(15)16)14-9(5)12/h1-3H,(H,15,16). The molecule has 6 heteroatoms. The molecule has 0 aliphatic rings. The van der Waals surface area contributed by atoms with Crippen molar-refractivity contribution >= 4 is 39.9 Å². The first-order chi connectivity index (χ1) is 7.49. The van der Waals surface area contributed by atoms with E-state index in [1.54, 1.807) is 0 Å². The molecule has 82 valence electrons. The van der Waals surface area contributed by atoms with Gasteiger partial charge in [0.15, 0.2) is 5.69 Å². The van der Waals surface area contributed by atoms with Crippen molar-refractivity contribution in [3.05, 3.63) is 39.9 Å². The molecular formula is C10H4Cl2FNO2. The second kappa shape index (κ2) is 3.88. The van der Waals surface area contributed by atoms with Crippen LogP contribution in [0.4, 0.5) is 4.39 Å². The number of benzene rings is 1. The molecule has 1 aromatic carbocycles. The number of pyridine rings is 1. The smallest absolute Gasteiger partial charge is 0.354 e. The van der Waals surface area contributed by atoms with E-state index in [2.05, 4.69) is 4.98 Å². The van der Waals surface area contributed by atoms with Gasteiger partial charge in [0, 0.05) is 5.39 Å². The number of carbonyl (C=O) groups is 1. The summed E-state index contributed by atoms with van der Waals surface area (Å²) in [5.41, 5.74) is -0.237. The lowest BCUT2D eigenvalue weighted by atomic mass is 10.1. The molecule has 0 aliphatic heterocycles. The van der Waals surface area contributed by atoms with Crippen LogP contribution in [0.15, 0.2) is 18.2 Å². The summed E-state index contributed by atoms with van der Waals surface area (Å²) >= 11 is 11.4. The molecule has 16 heavy (non-hydrogen) atoms. The van der Waals surface area contributed by atoms with E-state index >= 15 is 0 Å². The summed E-state index contributed by atoms with van der Waals surface area (Å²) in [6.07, 6.45) is 0. The van der Waals surface area contributed by atoms with Gasteiger partial charge in [-0.2, -0.15) is 0 Å². The molecule has 0 aliphatic carbocycles. The molecule has 3 nitrogen and oxygen atoms in total. The number of carboxylic acids is 1. The lowest BCUT2D eigenvalue weighted by Gasteiger charge is -2.03. The largest absolute Gasteiger partial charge is 0.477 e. The van der Waals surface area contributed by atoms with Crippen LogP contribution < -0.4 is 0 Å². The van der Waals surface area contributed by atoms with E-state index in [0.717, 1.165) is 6.07 Å². The van der Waals surface area contributed by atoms with Gasteiger partial charge in [-0.1, -0.05) is 23.2 Å². The molecule has 2 aromatic rings. The first kappa shape index (κ1) is 11.1. The number of nitrogens with zero attached hydrogens (tertiary/aromatic N) is 1. The summed E-state index contributed by atoms with van der Waals surface area (Å²) in [4.78, 5) is 14.4. The van der Waals surface area contributed by atoms with Crippen molar-refractivity contribution < 1.29 is 14.3 Å². The number of hydrogen-bond donors (Lipinski definition) is 1. The average Bonchev–Trinajstić information content (AvgIpc) is 2.20. The Hall–Kier alpha value is -1.39. The topological polar surface area (TPSA) is 50.2 Å². The summed E-state index contributed by atoms with van der Waals surface area (Å²) in [5.74, 6) is -1.85. The van der Waals surface area contributed by atoms with E-state index in [1.807, 2.05) is 0 Å². The van der Waals surface area contributed by atoms with Crippen molar-refractivity contribution in [3.8, 4) is 0 Å². The van der Waals surface area contributed by atoms with Crippen LogP contribution in [0.3, 0.4) is 0 Å². The normalized spacial score (nSPS) is 10.7. The molecule has 0 atom stereocenters. The Kier molecular flexibility index (Phi) is 2.69. The number of fused-ring (bicyclic) bond motifs is 1. The molecule has 1 N–H and O–H groups in total. The first-order valence-corrected chi connectivity index (χ1v) is 4.93. The van der Waals surface area contributed by atoms with Crippen LogP contribution in [0.1, 0.15) is 10.5 Å². The van der Waals surface area contributed by atoms with Gasteiger partial charge in [-0.05, 0) is 23.6 Å². The van der Waals surface area contributed by atoms with Gasteiger partial charge in [0.25, 0.3) is 0 Å². The zero-order valence-electron chi connectivity index (χ0n) is 7.67. The highest BCUT2D eigenvalue weighted by Crippen LogP contribution is 2.27. The van der Waals surface area contributed by atoms with E-state index in [-0.39, 0.29) is 15.9 Å². The molecule has 0 spiro atoms. The van der Waals surface area contributed by atoms with E-state index in [1.165, 1.54) is 12.1 Å². The molecule has 0 unspecified atom stereocenters. The van der Waals surface area contributed by atoms with Crippen molar-refractivity contribution in [1.29, 1.82) is 0 Å². The quantitative estimate of drug-likeness (QED) is 0.799. The minimum atomic E-state index is -1.22. The number of halogens is 3. The Labute approximate surface area is 99.4 Å². The number of aromatic carboxylic acids is 1. The Morgan fingerprint density at radius 2 is 2.00 bits per heavy atom. The molecule has 2 rings (SSSR count). The van der Waals surface area contributed by atoms with Gasteiger partial charge in [-0.25, -0.2) is 14.2 Å². The monoisotopic (exact) mass is 259 g/mol. The number of hydrogen-bond acceptors (Lipinski definition) is 2. The summed E-state index contributed by atoms with van der Waals surface area (Å²) in [5, 5.41) is 9.41. The molecule has 1 heterocycles. The Morgan fingerprint density at radius 3 is 2.62 bits per heavy atom. The zero-order valence-corrected chi connectivity index (χ0v) is 9.18. The highest BCUT2D eigenvalue weighted by atomic mass is 35.5. The van der Waals surface area contributed by atoms with Crippen molar-refractivity contribution in [2.24, 2.45) is 0 Å². The van der Waals surface area contributed by atoms with Gasteiger partial charge in [0.1, 0.15) is 11.0 Å². The van der Waals surface area contributed by atoms with Crippen molar-refractivity contribution in [3.63, 3.8) is 0 Å². The second-order valence-corrected chi connectivity index (χ2v) is 3.86. The maximum absolute atomic E-state index is 13.2. The van der Waals surface area contributed by atoms with Gasteiger partial charge < -0.3 is 5.11 Å². The van der Waals surface area contributed by atoms with E-state index in [9.17, 15) is 9.18 Å². The Morgan fingerprint density at radius 1 is 1.31 bits per heavy atom. The third-order valence-corrected chi connectivity index (χ3v) is 2.62. The predicted octanol–water partition coefficient (Wildman–Crippen LogP) is 3.38. The molecule has 0 saturated heterocycles. The van der Waals surface area contributed by atoms with Gasteiger partial charge in [-0.3, -0.25) is 0 Å². The first-order valence-electron chi connectivity index (χ1n) is 4.17. The van der Waals surface area contributed by atoms with Crippen LogP contribution in [0, 0.1) is 5.82 Å². The lowest BCUT2D eigenvalue weighted by molar-refractivity contribution is 0.0690. The minimum Gasteiger partial charge on any atom is -0.477 e. The highest BCUT2D eigenvalue weighted by molar-refractivity contribution is 6.36. The van der Waals surface area contributed by atoms with Crippen LogP contribution in [-0.2, 0) is 0 Å².